The van der Waals surface area contributed by atoms with Gasteiger partial charge in [-0.25, -0.2) is 4.98 Å². The lowest BCUT2D eigenvalue weighted by Gasteiger charge is -2.25. The summed E-state index contributed by atoms with van der Waals surface area (Å²) in [5.74, 6) is 0.635. The monoisotopic (exact) mass is 345 g/mol. The second-order valence-electron chi connectivity index (χ2n) is 6.10. The summed E-state index contributed by atoms with van der Waals surface area (Å²) >= 11 is 1.68. The molecule has 5 rings (SSSR count). The highest BCUT2D eigenvalue weighted by atomic mass is 32.2. The summed E-state index contributed by atoms with van der Waals surface area (Å²) in [7, 11) is 0. The highest BCUT2D eigenvalue weighted by Crippen LogP contribution is 2.44. The number of thioether (sulfide) groups is 1. The van der Waals surface area contributed by atoms with Crippen LogP contribution in [0, 0.1) is 0 Å². The molecule has 5 heteroatoms. The van der Waals surface area contributed by atoms with Crippen molar-refractivity contribution in [3.8, 4) is 0 Å². The van der Waals surface area contributed by atoms with Crippen LogP contribution in [0.3, 0.4) is 0 Å². The first-order valence-electron chi connectivity index (χ1n) is 8.16. The maximum absolute atomic E-state index is 12.6. The number of carbonyl (C=O) groups excluding carboxylic acids is 1. The third kappa shape index (κ3) is 2.31. The van der Waals surface area contributed by atoms with Crippen molar-refractivity contribution < 1.29 is 4.79 Å². The molecule has 122 valence electrons. The number of nitrogens with zero attached hydrogens (tertiary/aromatic N) is 2. The lowest BCUT2D eigenvalue weighted by molar-refractivity contribution is -0.115. The van der Waals surface area contributed by atoms with E-state index in [1.54, 1.807) is 18.1 Å². The molecular weight excluding hydrogens is 330 g/mol. The fourth-order valence-electron chi connectivity index (χ4n) is 3.47. The SMILES string of the molecule is O=C1CSC(c2cccc3ccccc23)N1c1ccc2nc[nH]c2c1. The summed E-state index contributed by atoms with van der Waals surface area (Å²) in [4.78, 5) is 21.9. The summed E-state index contributed by atoms with van der Waals surface area (Å²) in [6, 6.07) is 20.6. The van der Waals surface area contributed by atoms with Crippen LogP contribution in [-0.4, -0.2) is 21.6 Å². The lowest BCUT2D eigenvalue weighted by atomic mass is 10.0. The van der Waals surface area contributed by atoms with Gasteiger partial charge in [-0.3, -0.25) is 9.69 Å². The summed E-state index contributed by atoms with van der Waals surface area (Å²) in [5.41, 5.74) is 3.94. The van der Waals surface area contributed by atoms with Crippen molar-refractivity contribution in [1.29, 1.82) is 0 Å². The van der Waals surface area contributed by atoms with Crippen molar-refractivity contribution >= 4 is 45.2 Å². The predicted molar refractivity (Wildman–Crippen MR) is 103 cm³/mol. The Morgan fingerprint density at radius 1 is 1.08 bits per heavy atom. The number of carbonyl (C=O) groups is 1. The van der Waals surface area contributed by atoms with Crippen molar-refractivity contribution in [1.82, 2.24) is 9.97 Å². The maximum Gasteiger partial charge on any atom is 0.238 e. The second-order valence-corrected chi connectivity index (χ2v) is 7.17. The number of aromatic amines is 1. The van der Waals surface area contributed by atoms with Crippen LogP contribution in [0.25, 0.3) is 21.8 Å². The quantitative estimate of drug-likeness (QED) is 0.582. The Labute approximate surface area is 148 Å². The number of hydrogen-bond acceptors (Lipinski definition) is 3. The fraction of sp³-hybridized carbons (Fsp3) is 0.100. The van der Waals surface area contributed by atoms with Gasteiger partial charge in [0.15, 0.2) is 0 Å². The Kier molecular flexibility index (Phi) is 3.28. The fourth-order valence-corrected chi connectivity index (χ4v) is 4.69. The number of aromatic nitrogens is 2. The first-order chi connectivity index (χ1) is 12.3. The van der Waals surface area contributed by atoms with Crippen molar-refractivity contribution in [3.05, 3.63) is 72.6 Å². The second kappa shape index (κ2) is 5.63. The Bertz CT molecular complexity index is 1100. The van der Waals surface area contributed by atoms with Gasteiger partial charge in [0.1, 0.15) is 5.37 Å². The van der Waals surface area contributed by atoms with Crippen LogP contribution in [-0.2, 0) is 4.79 Å². The Morgan fingerprint density at radius 2 is 1.96 bits per heavy atom. The van der Waals surface area contributed by atoms with E-state index < -0.39 is 0 Å². The first-order valence-corrected chi connectivity index (χ1v) is 9.20. The van der Waals surface area contributed by atoms with Gasteiger partial charge in [0, 0.05) is 5.69 Å². The van der Waals surface area contributed by atoms with Gasteiger partial charge >= 0.3 is 0 Å². The molecule has 0 radical (unpaired) electrons. The molecule has 1 N–H and O–H groups in total. The van der Waals surface area contributed by atoms with E-state index in [1.807, 2.05) is 35.2 Å². The van der Waals surface area contributed by atoms with E-state index in [4.69, 9.17) is 0 Å². The number of hydrogen-bond donors (Lipinski definition) is 1. The van der Waals surface area contributed by atoms with E-state index in [2.05, 4.69) is 40.3 Å². The van der Waals surface area contributed by atoms with Gasteiger partial charge in [0.2, 0.25) is 5.91 Å². The number of fused-ring (bicyclic) bond motifs is 2. The minimum Gasteiger partial charge on any atom is -0.345 e. The highest BCUT2D eigenvalue weighted by Gasteiger charge is 2.35. The molecule has 4 nitrogen and oxygen atoms in total. The van der Waals surface area contributed by atoms with Crippen molar-refractivity contribution in [3.63, 3.8) is 0 Å². The number of amides is 1. The van der Waals surface area contributed by atoms with Crippen LogP contribution in [0.4, 0.5) is 5.69 Å². The molecule has 1 fully saturated rings. The molecule has 3 aromatic carbocycles. The number of anilines is 1. The summed E-state index contributed by atoms with van der Waals surface area (Å²) < 4.78 is 0. The number of rotatable bonds is 2. The zero-order valence-electron chi connectivity index (χ0n) is 13.3. The van der Waals surface area contributed by atoms with E-state index >= 15 is 0 Å². The van der Waals surface area contributed by atoms with Gasteiger partial charge in [-0.05, 0) is 34.5 Å². The van der Waals surface area contributed by atoms with Gasteiger partial charge < -0.3 is 4.98 Å². The van der Waals surface area contributed by atoms with Crippen LogP contribution < -0.4 is 4.90 Å². The molecule has 2 heterocycles. The Hall–Kier alpha value is -2.79. The molecule has 1 aliphatic heterocycles. The Morgan fingerprint density at radius 3 is 2.92 bits per heavy atom. The van der Waals surface area contributed by atoms with Crippen LogP contribution in [0.2, 0.25) is 0 Å². The van der Waals surface area contributed by atoms with Crippen molar-refractivity contribution in [2.75, 3.05) is 10.7 Å². The molecule has 0 aliphatic carbocycles. The number of imidazole rings is 1. The topological polar surface area (TPSA) is 49.0 Å². The smallest absolute Gasteiger partial charge is 0.238 e. The molecule has 1 aromatic heterocycles. The zero-order valence-corrected chi connectivity index (χ0v) is 14.2. The van der Waals surface area contributed by atoms with E-state index in [0.29, 0.717) is 5.75 Å². The number of H-pyrrole nitrogens is 1. The minimum absolute atomic E-state index is 0.0148. The average Bonchev–Trinajstić information content (AvgIpc) is 3.27. The molecule has 1 unspecified atom stereocenters. The first kappa shape index (κ1) is 14.5. The predicted octanol–water partition coefficient (Wildman–Crippen LogP) is 4.49. The van der Waals surface area contributed by atoms with Gasteiger partial charge in [-0.15, -0.1) is 11.8 Å². The van der Waals surface area contributed by atoms with E-state index in [9.17, 15) is 4.79 Å². The zero-order chi connectivity index (χ0) is 16.8. The van der Waals surface area contributed by atoms with E-state index in [0.717, 1.165) is 16.7 Å². The summed E-state index contributed by atoms with van der Waals surface area (Å²) in [6.07, 6.45) is 1.68. The highest BCUT2D eigenvalue weighted by molar-refractivity contribution is 8.00. The normalized spacial score (nSPS) is 17.7. The summed E-state index contributed by atoms with van der Waals surface area (Å²) in [5, 5.41) is 2.38. The van der Waals surface area contributed by atoms with E-state index in [1.165, 1.54) is 16.3 Å². The van der Waals surface area contributed by atoms with Crippen molar-refractivity contribution in [2.45, 2.75) is 5.37 Å². The minimum atomic E-state index is -0.0148. The van der Waals surface area contributed by atoms with Gasteiger partial charge in [0.25, 0.3) is 0 Å². The molecular formula is C20H15N3OS. The standard InChI is InChI=1S/C20H15N3OS/c24-19-11-25-20(16-7-3-5-13-4-1-2-6-15(13)16)23(19)14-8-9-17-18(10-14)22-12-21-17/h1-10,12,20H,11H2,(H,21,22). The van der Waals surface area contributed by atoms with E-state index in [-0.39, 0.29) is 11.3 Å². The molecule has 0 saturated carbocycles. The molecule has 0 spiro atoms. The van der Waals surface area contributed by atoms with Gasteiger partial charge in [-0.1, -0.05) is 42.5 Å². The average molecular weight is 345 g/mol. The molecule has 4 aromatic rings. The third-order valence-corrected chi connectivity index (χ3v) is 5.83. The van der Waals surface area contributed by atoms with Crippen LogP contribution >= 0.6 is 11.8 Å². The molecule has 1 amide bonds. The maximum atomic E-state index is 12.6. The third-order valence-electron chi connectivity index (χ3n) is 4.64. The lowest BCUT2D eigenvalue weighted by Crippen LogP contribution is -2.27. The number of benzene rings is 3. The molecule has 1 aliphatic rings. The van der Waals surface area contributed by atoms with Crippen LogP contribution in [0.1, 0.15) is 10.9 Å². The van der Waals surface area contributed by atoms with Crippen molar-refractivity contribution in [2.24, 2.45) is 0 Å². The number of nitrogens with one attached hydrogen (secondary N) is 1. The molecule has 1 atom stereocenters. The summed E-state index contributed by atoms with van der Waals surface area (Å²) in [6.45, 7) is 0. The largest absolute Gasteiger partial charge is 0.345 e. The molecule has 25 heavy (non-hydrogen) atoms. The molecule has 1 saturated heterocycles. The Balaban J connectivity index is 1.65. The van der Waals surface area contributed by atoms with Crippen LogP contribution in [0.15, 0.2) is 67.0 Å². The van der Waals surface area contributed by atoms with Gasteiger partial charge in [-0.2, -0.15) is 0 Å². The molecule has 0 bridgehead atoms. The van der Waals surface area contributed by atoms with Crippen LogP contribution in [0.5, 0.6) is 0 Å². The van der Waals surface area contributed by atoms with Gasteiger partial charge in [0.05, 0.1) is 23.1 Å².